The summed E-state index contributed by atoms with van der Waals surface area (Å²) < 4.78 is 5.61. The first kappa shape index (κ1) is 23.5. The Hall–Kier alpha value is -3.87. The number of aromatic nitrogens is 4. The second kappa shape index (κ2) is 9.21. The number of benzene rings is 2. The number of amides is 1. The smallest absolute Gasteiger partial charge is 0.410 e. The van der Waals surface area contributed by atoms with E-state index in [1.54, 1.807) is 11.2 Å². The summed E-state index contributed by atoms with van der Waals surface area (Å²) >= 11 is 0. The molecule has 2 aromatic heterocycles. The molecule has 0 radical (unpaired) electrons. The highest BCUT2D eigenvalue weighted by atomic mass is 16.6. The minimum atomic E-state index is -0.515. The molecule has 1 saturated carbocycles. The van der Waals surface area contributed by atoms with Gasteiger partial charge in [-0.3, -0.25) is 4.90 Å². The van der Waals surface area contributed by atoms with Gasteiger partial charge in [-0.05, 0) is 63.1 Å². The Kier molecular flexibility index (Phi) is 5.86. The van der Waals surface area contributed by atoms with Gasteiger partial charge in [-0.1, -0.05) is 48.5 Å². The fourth-order valence-corrected chi connectivity index (χ4v) is 5.12. The molecule has 7 nitrogen and oxygen atoms in total. The fraction of sp³-hybridized carbons (Fsp3) is 0.367. The van der Waals surface area contributed by atoms with Gasteiger partial charge in [0.1, 0.15) is 11.4 Å². The van der Waals surface area contributed by atoms with Crippen LogP contribution >= 0.6 is 0 Å². The van der Waals surface area contributed by atoms with Crippen molar-refractivity contribution in [3.05, 3.63) is 72.6 Å². The molecule has 2 aliphatic rings. The number of carbonyl (C=O) groups excluding carboxylic acids is 1. The lowest BCUT2D eigenvalue weighted by Gasteiger charge is -2.27. The zero-order valence-corrected chi connectivity index (χ0v) is 21.6. The maximum atomic E-state index is 12.7. The van der Waals surface area contributed by atoms with Crippen molar-refractivity contribution < 1.29 is 9.53 Å². The van der Waals surface area contributed by atoms with Crippen LogP contribution in [0, 0.1) is 0 Å². The van der Waals surface area contributed by atoms with Crippen LogP contribution in [0.15, 0.2) is 61.1 Å². The standard InChI is InChI=1S/C30H33N5O2/c1-30(2,3)37-29(36)35-16-4-5-25(35)28-31-17-24(34-28)21-10-6-19(7-11-21)20-8-12-22(13-9-20)26-27(23-14-15-23)33-18-32-26/h6-13,17-18,23,25H,4-5,14-16H2,1-3H3,(H,31,34)(H,32,33). The highest BCUT2D eigenvalue weighted by Crippen LogP contribution is 2.43. The molecule has 1 aliphatic heterocycles. The summed E-state index contributed by atoms with van der Waals surface area (Å²) in [6.45, 7) is 6.36. The molecular formula is C30H33N5O2. The van der Waals surface area contributed by atoms with Gasteiger partial charge >= 0.3 is 6.09 Å². The summed E-state index contributed by atoms with van der Waals surface area (Å²) in [6, 6.07) is 17.0. The predicted octanol–water partition coefficient (Wildman–Crippen LogP) is 7.08. The molecule has 1 saturated heterocycles. The number of imidazole rings is 2. The van der Waals surface area contributed by atoms with Crippen LogP contribution in [-0.2, 0) is 4.74 Å². The molecule has 0 spiro atoms. The van der Waals surface area contributed by atoms with Crippen molar-refractivity contribution in [3.63, 3.8) is 0 Å². The Morgan fingerprint density at radius 1 is 0.919 bits per heavy atom. The van der Waals surface area contributed by atoms with Crippen molar-refractivity contribution in [2.45, 2.75) is 64.0 Å². The zero-order valence-electron chi connectivity index (χ0n) is 21.6. The molecule has 4 aromatic rings. The fourth-order valence-electron chi connectivity index (χ4n) is 5.12. The Morgan fingerprint density at radius 2 is 1.57 bits per heavy atom. The van der Waals surface area contributed by atoms with E-state index in [0.717, 1.165) is 46.7 Å². The molecule has 1 amide bonds. The van der Waals surface area contributed by atoms with Crippen LogP contribution in [0.25, 0.3) is 33.6 Å². The molecule has 7 heteroatoms. The van der Waals surface area contributed by atoms with E-state index in [2.05, 4.69) is 68.5 Å². The highest BCUT2D eigenvalue weighted by Gasteiger charge is 2.35. The predicted molar refractivity (Wildman–Crippen MR) is 144 cm³/mol. The molecule has 6 rings (SSSR count). The average Bonchev–Trinajstić information content (AvgIpc) is 3.29. The van der Waals surface area contributed by atoms with Crippen LogP contribution in [0.1, 0.15) is 69.9 Å². The zero-order chi connectivity index (χ0) is 25.6. The quantitative estimate of drug-likeness (QED) is 0.310. The first-order valence-corrected chi connectivity index (χ1v) is 13.1. The van der Waals surface area contributed by atoms with Gasteiger partial charge in [-0.15, -0.1) is 0 Å². The molecule has 2 aromatic carbocycles. The summed E-state index contributed by atoms with van der Waals surface area (Å²) in [4.78, 5) is 30.4. The van der Waals surface area contributed by atoms with Crippen LogP contribution in [0.2, 0.25) is 0 Å². The molecule has 1 atom stereocenters. The number of carbonyl (C=O) groups is 1. The largest absolute Gasteiger partial charge is 0.444 e. The van der Waals surface area contributed by atoms with Crippen molar-refractivity contribution in [3.8, 4) is 33.6 Å². The molecule has 0 bridgehead atoms. The van der Waals surface area contributed by atoms with Gasteiger partial charge in [0.15, 0.2) is 0 Å². The molecule has 2 N–H and O–H groups in total. The Balaban J connectivity index is 1.16. The highest BCUT2D eigenvalue weighted by molar-refractivity contribution is 5.72. The van der Waals surface area contributed by atoms with Gasteiger partial charge in [0, 0.05) is 23.7 Å². The van der Waals surface area contributed by atoms with Gasteiger partial charge < -0.3 is 14.7 Å². The third-order valence-corrected chi connectivity index (χ3v) is 7.13. The normalized spacial score (nSPS) is 17.8. The third-order valence-electron chi connectivity index (χ3n) is 7.13. The summed E-state index contributed by atoms with van der Waals surface area (Å²) in [5.41, 5.74) is 7.31. The van der Waals surface area contributed by atoms with Gasteiger partial charge in [0.05, 0.1) is 30.0 Å². The number of nitrogens with one attached hydrogen (secondary N) is 2. The SMILES string of the molecule is CC(C)(C)OC(=O)N1CCCC1c1ncc(-c2ccc(-c3ccc(-c4nc[nH]c4C4CC4)cc3)cc2)[nH]1. The van der Waals surface area contributed by atoms with Gasteiger partial charge in [-0.2, -0.15) is 0 Å². The second-order valence-electron chi connectivity index (χ2n) is 11.1. The summed E-state index contributed by atoms with van der Waals surface area (Å²) in [7, 11) is 0. The van der Waals surface area contributed by atoms with Crippen LogP contribution in [0.5, 0.6) is 0 Å². The lowest BCUT2D eigenvalue weighted by Crippen LogP contribution is -2.36. The minimum Gasteiger partial charge on any atom is -0.444 e. The number of aromatic amines is 2. The van der Waals surface area contributed by atoms with Gasteiger partial charge in [-0.25, -0.2) is 14.8 Å². The molecule has 2 fully saturated rings. The molecule has 1 aliphatic carbocycles. The van der Waals surface area contributed by atoms with Crippen molar-refractivity contribution in [2.75, 3.05) is 6.54 Å². The lowest BCUT2D eigenvalue weighted by atomic mass is 10.00. The Labute approximate surface area is 217 Å². The van der Waals surface area contributed by atoms with Gasteiger partial charge in [0.2, 0.25) is 0 Å². The summed E-state index contributed by atoms with van der Waals surface area (Å²) in [5, 5.41) is 0. The van der Waals surface area contributed by atoms with E-state index in [9.17, 15) is 4.79 Å². The van der Waals surface area contributed by atoms with Crippen LogP contribution in [0.4, 0.5) is 4.79 Å². The number of hydrogen-bond acceptors (Lipinski definition) is 4. The van der Waals surface area contributed by atoms with E-state index in [1.165, 1.54) is 24.1 Å². The van der Waals surface area contributed by atoms with E-state index in [0.29, 0.717) is 12.5 Å². The van der Waals surface area contributed by atoms with Gasteiger partial charge in [0.25, 0.3) is 0 Å². The second-order valence-corrected chi connectivity index (χ2v) is 11.1. The summed E-state index contributed by atoms with van der Waals surface area (Å²) in [6.07, 6.45) is 7.70. The number of hydrogen-bond donors (Lipinski definition) is 2. The monoisotopic (exact) mass is 495 g/mol. The molecule has 3 heterocycles. The molecular weight excluding hydrogens is 462 g/mol. The first-order valence-electron chi connectivity index (χ1n) is 13.1. The van der Waals surface area contributed by atoms with Crippen molar-refractivity contribution in [1.29, 1.82) is 0 Å². The minimum absolute atomic E-state index is 0.0867. The van der Waals surface area contributed by atoms with Crippen LogP contribution < -0.4 is 0 Å². The van der Waals surface area contributed by atoms with Crippen molar-refractivity contribution >= 4 is 6.09 Å². The van der Waals surface area contributed by atoms with E-state index >= 15 is 0 Å². The Bertz CT molecular complexity index is 1390. The summed E-state index contributed by atoms with van der Waals surface area (Å²) in [5.74, 6) is 1.45. The number of likely N-dealkylation sites (tertiary alicyclic amines) is 1. The van der Waals surface area contributed by atoms with Crippen molar-refractivity contribution in [2.24, 2.45) is 0 Å². The van der Waals surface area contributed by atoms with Crippen LogP contribution in [0.3, 0.4) is 0 Å². The maximum Gasteiger partial charge on any atom is 0.410 e. The number of rotatable bonds is 5. The van der Waals surface area contributed by atoms with E-state index < -0.39 is 5.60 Å². The first-order chi connectivity index (χ1) is 17.9. The molecule has 190 valence electrons. The van der Waals surface area contributed by atoms with E-state index in [4.69, 9.17) is 4.74 Å². The number of ether oxygens (including phenoxy) is 1. The molecule has 1 unspecified atom stereocenters. The van der Waals surface area contributed by atoms with E-state index in [-0.39, 0.29) is 12.1 Å². The Morgan fingerprint density at radius 3 is 2.22 bits per heavy atom. The van der Waals surface area contributed by atoms with E-state index in [1.807, 2.05) is 27.0 Å². The number of nitrogens with zero attached hydrogens (tertiary/aromatic N) is 3. The maximum absolute atomic E-state index is 12.7. The van der Waals surface area contributed by atoms with Crippen LogP contribution in [-0.4, -0.2) is 43.1 Å². The number of H-pyrrole nitrogens is 2. The average molecular weight is 496 g/mol. The topological polar surface area (TPSA) is 86.9 Å². The lowest BCUT2D eigenvalue weighted by molar-refractivity contribution is 0.0218. The third kappa shape index (κ3) is 4.90. The van der Waals surface area contributed by atoms with Crippen molar-refractivity contribution in [1.82, 2.24) is 24.8 Å². The molecule has 37 heavy (non-hydrogen) atoms.